The Bertz CT molecular complexity index is 366. The first-order chi connectivity index (χ1) is 9.18. The molecule has 4 heteroatoms. The molecule has 0 saturated heterocycles. The first-order valence-electron chi connectivity index (χ1n) is 6.55. The fraction of sp³-hybridized carbons (Fsp3) is 0.467. The highest BCUT2D eigenvalue weighted by atomic mass is 28.4. The van der Waals surface area contributed by atoms with Crippen LogP contribution in [0.25, 0.3) is 6.08 Å². The van der Waals surface area contributed by atoms with Crippen molar-refractivity contribution < 1.29 is 13.3 Å². The van der Waals surface area contributed by atoms with Gasteiger partial charge in [-0.05, 0) is 18.4 Å². The molecule has 0 bridgehead atoms. The van der Waals surface area contributed by atoms with E-state index in [0.717, 1.165) is 12.8 Å². The van der Waals surface area contributed by atoms with Crippen LogP contribution in [0.4, 0.5) is 0 Å². The molecule has 0 fully saturated rings. The highest BCUT2D eigenvalue weighted by molar-refractivity contribution is 6.62. The number of hydrogen-bond acceptors (Lipinski definition) is 3. The molecular formula is C15H24O3Si. The van der Waals surface area contributed by atoms with Crippen molar-refractivity contribution in [3.05, 3.63) is 42.0 Å². The topological polar surface area (TPSA) is 27.7 Å². The Morgan fingerprint density at radius 2 is 1.63 bits per heavy atom. The zero-order valence-corrected chi connectivity index (χ0v) is 13.3. The Kier molecular flexibility index (Phi) is 7.01. The molecule has 0 amide bonds. The van der Waals surface area contributed by atoms with Crippen LogP contribution in [0.2, 0.25) is 5.54 Å². The van der Waals surface area contributed by atoms with Gasteiger partial charge in [-0.2, -0.15) is 0 Å². The predicted molar refractivity (Wildman–Crippen MR) is 80.9 cm³/mol. The highest BCUT2D eigenvalue weighted by Gasteiger charge is 2.43. The van der Waals surface area contributed by atoms with Gasteiger partial charge in [0.2, 0.25) is 0 Å². The van der Waals surface area contributed by atoms with Gasteiger partial charge in [-0.25, -0.2) is 0 Å². The summed E-state index contributed by atoms with van der Waals surface area (Å²) in [6, 6.07) is 10.3. The summed E-state index contributed by atoms with van der Waals surface area (Å²) in [5.41, 5.74) is 1.51. The van der Waals surface area contributed by atoms with E-state index in [1.165, 1.54) is 5.56 Å². The van der Waals surface area contributed by atoms with E-state index in [1.54, 1.807) is 21.3 Å². The van der Waals surface area contributed by atoms with E-state index in [-0.39, 0.29) is 5.54 Å². The van der Waals surface area contributed by atoms with Gasteiger partial charge in [0.05, 0.1) is 0 Å². The molecule has 106 valence electrons. The van der Waals surface area contributed by atoms with Gasteiger partial charge < -0.3 is 13.3 Å². The second kappa shape index (κ2) is 8.27. The molecule has 3 nitrogen and oxygen atoms in total. The van der Waals surface area contributed by atoms with Crippen molar-refractivity contribution in [3.8, 4) is 0 Å². The van der Waals surface area contributed by atoms with Crippen molar-refractivity contribution in [3.63, 3.8) is 0 Å². The lowest BCUT2D eigenvalue weighted by atomic mass is 10.2. The van der Waals surface area contributed by atoms with Gasteiger partial charge in [0, 0.05) is 26.9 Å². The lowest BCUT2D eigenvalue weighted by Crippen LogP contribution is -2.46. The van der Waals surface area contributed by atoms with Gasteiger partial charge in [0.1, 0.15) is 0 Å². The summed E-state index contributed by atoms with van der Waals surface area (Å²) in [5.74, 6) is 0. The molecule has 1 unspecified atom stereocenters. The maximum atomic E-state index is 5.48. The Morgan fingerprint density at radius 1 is 1.05 bits per heavy atom. The van der Waals surface area contributed by atoms with Gasteiger partial charge in [-0.15, -0.1) is 0 Å². The molecule has 1 aromatic carbocycles. The average Bonchev–Trinajstić information content (AvgIpc) is 2.47. The Labute approximate surface area is 117 Å². The molecule has 0 aliphatic rings. The van der Waals surface area contributed by atoms with Gasteiger partial charge in [-0.1, -0.05) is 49.4 Å². The molecule has 0 N–H and O–H groups in total. The number of benzene rings is 1. The molecule has 0 aliphatic heterocycles. The van der Waals surface area contributed by atoms with Crippen LogP contribution in [0, 0.1) is 0 Å². The molecular weight excluding hydrogens is 256 g/mol. The van der Waals surface area contributed by atoms with E-state index >= 15 is 0 Å². The van der Waals surface area contributed by atoms with Crippen molar-refractivity contribution in [2.45, 2.75) is 25.3 Å². The Hall–Kier alpha value is -0.943. The van der Waals surface area contributed by atoms with Crippen LogP contribution >= 0.6 is 0 Å². The summed E-state index contributed by atoms with van der Waals surface area (Å²) < 4.78 is 16.5. The van der Waals surface area contributed by atoms with E-state index in [4.69, 9.17) is 13.3 Å². The zero-order valence-electron chi connectivity index (χ0n) is 12.3. The molecule has 0 aliphatic carbocycles. The lowest BCUT2D eigenvalue weighted by molar-refractivity contribution is 0.112. The summed E-state index contributed by atoms with van der Waals surface area (Å²) >= 11 is 0. The molecule has 1 rings (SSSR count). The smallest absolute Gasteiger partial charge is 0.377 e. The van der Waals surface area contributed by atoms with Crippen LogP contribution in [-0.4, -0.2) is 30.1 Å². The van der Waals surface area contributed by atoms with E-state index in [2.05, 4.69) is 31.2 Å². The molecule has 0 saturated carbocycles. The molecule has 1 aromatic rings. The van der Waals surface area contributed by atoms with Gasteiger partial charge in [-0.3, -0.25) is 0 Å². The fourth-order valence-corrected chi connectivity index (χ4v) is 4.39. The van der Waals surface area contributed by atoms with E-state index < -0.39 is 8.80 Å². The van der Waals surface area contributed by atoms with Crippen molar-refractivity contribution in [2.75, 3.05) is 21.3 Å². The third kappa shape index (κ3) is 4.58. The van der Waals surface area contributed by atoms with Crippen molar-refractivity contribution >= 4 is 14.9 Å². The van der Waals surface area contributed by atoms with Crippen LogP contribution in [0.5, 0.6) is 0 Å². The Balaban J connectivity index is 2.46. The van der Waals surface area contributed by atoms with Crippen LogP contribution in [0.15, 0.2) is 36.4 Å². The Morgan fingerprint density at radius 3 is 2.16 bits per heavy atom. The third-order valence-electron chi connectivity index (χ3n) is 3.33. The SMILES string of the molecule is CO[Si](OC)(OC)C(C)CCC=Cc1ccccc1. The fourth-order valence-electron chi connectivity index (χ4n) is 2.16. The molecule has 0 heterocycles. The van der Waals surface area contributed by atoms with E-state index in [1.807, 2.05) is 18.2 Å². The minimum absolute atomic E-state index is 0.285. The quantitative estimate of drug-likeness (QED) is 0.679. The van der Waals surface area contributed by atoms with Crippen LogP contribution in [0.3, 0.4) is 0 Å². The molecule has 1 atom stereocenters. The van der Waals surface area contributed by atoms with E-state index in [0.29, 0.717) is 0 Å². The van der Waals surface area contributed by atoms with Crippen LogP contribution in [0.1, 0.15) is 25.3 Å². The number of hydrogen-bond donors (Lipinski definition) is 0. The third-order valence-corrected chi connectivity index (χ3v) is 6.54. The number of allylic oxidation sites excluding steroid dienone is 1. The summed E-state index contributed by atoms with van der Waals surface area (Å²) in [6.07, 6.45) is 6.31. The summed E-state index contributed by atoms with van der Waals surface area (Å²) in [6.45, 7) is 2.12. The predicted octanol–water partition coefficient (Wildman–Crippen LogP) is 3.75. The minimum Gasteiger partial charge on any atom is -0.377 e. The summed E-state index contributed by atoms with van der Waals surface area (Å²) in [4.78, 5) is 0. The van der Waals surface area contributed by atoms with Crippen LogP contribution in [-0.2, 0) is 13.3 Å². The van der Waals surface area contributed by atoms with Crippen molar-refractivity contribution in [2.24, 2.45) is 0 Å². The second-order valence-electron chi connectivity index (χ2n) is 4.51. The van der Waals surface area contributed by atoms with Gasteiger partial charge in [0.25, 0.3) is 0 Å². The monoisotopic (exact) mass is 280 g/mol. The second-order valence-corrected chi connectivity index (χ2v) is 7.92. The molecule has 0 spiro atoms. The molecule has 0 radical (unpaired) electrons. The van der Waals surface area contributed by atoms with Crippen LogP contribution < -0.4 is 0 Å². The summed E-state index contributed by atoms with van der Waals surface area (Å²) in [5, 5.41) is 0. The maximum absolute atomic E-state index is 5.48. The van der Waals surface area contributed by atoms with E-state index in [9.17, 15) is 0 Å². The normalized spacial score (nSPS) is 13.9. The molecule has 0 aromatic heterocycles. The zero-order chi connectivity index (χ0) is 14.1. The van der Waals surface area contributed by atoms with Gasteiger partial charge in [0.15, 0.2) is 0 Å². The van der Waals surface area contributed by atoms with Gasteiger partial charge >= 0.3 is 8.80 Å². The average molecular weight is 280 g/mol. The lowest BCUT2D eigenvalue weighted by Gasteiger charge is -2.29. The first kappa shape index (κ1) is 16.1. The first-order valence-corrected chi connectivity index (χ1v) is 8.35. The largest absolute Gasteiger partial charge is 0.503 e. The highest BCUT2D eigenvalue weighted by Crippen LogP contribution is 2.28. The molecule has 19 heavy (non-hydrogen) atoms. The standard InChI is InChI=1S/C15H24O3Si/c1-14(19(16-2,17-3)18-4)10-8-9-13-15-11-6-5-7-12-15/h5-7,9,11-14H,8,10H2,1-4H3. The number of rotatable bonds is 8. The minimum atomic E-state index is -2.48. The van der Waals surface area contributed by atoms with Crippen molar-refractivity contribution in [1.82, 2.24) is 0 Å². The summed E-state index contributed by atoms with van der Waals surface area (Å²) in [7, 11) is 2.50. The maximum Gasteiger partial charge on any atom is 0.503 e. The van der Waals surface area contributed by atoms with Crippen molar-refractivity contribution in [1.29, 1.82) is 0 Å².